The van der Waals surface area contributed by atoms with Crippen molar-refractivity contribution < 1.29 is 13.7 Å². The van der Waals surface area contributed by atoms with E-state index in [-0.39, 0.29) is 17.3 Å². The molecule has 0 bridgehead atoms. The molecule has 0 aromatic heterocycles. The highest BCUT2D eigenvalue weighted by atomic mass is 32.2. The van der Waals surface area contributed by atoms with Crippen LogP contribution >= 0.6 is 0 Å². The monoisotopic (exact) mass is 373 g/mol. The van der Waals surface area contributed by atoms with Gasteiger partial charge in [0.25, 0.3) is 0 Å². The zero-order valence-corrected chi connectivity index (χ0v) is 15.8. The lowest BCUT2D eigenvalue weighted by Crippen LogP contribution is -2.39. The lowest BCUT2D eigenvalue weighted by atomic mass is 9.81. The summed E-state index contributed by atoms with van der Waals surface area (Å²) in [5.74, 6) is 1.19. The van der Waals surface area contributed by atoms with Crippen LogP contribution in [0.5, 0.6) is 0 Å². The van der Waals surface area contributed by atoms with E-state index >= 15 is 0 Å². The van der Waals surface area contributed by atoms with Crippen molar-refractivity contribution in [3.05, 3.63) is 48.0 Å². The van der Waals surface area contributed by atoms with Crippen LogP contribution in [0.25, 0.3) is 0 Å². The van der Waals surface area contributed by atoms with E-state index in [1.165, 1.54) is 18.4 Å². The Morgan fingerprint density at radius 1 is 1.00 bits per heavy atom. The fourth-order valence-electron chi connectivity index (χ4n) is 4.92. The average molecular weight is 374 g/mol. The molecule has 2 saturated carbocycles. The number of nitrogens with one attached hydrogen (secondary N) is 1. The zero-order chi connectivity index (χ0) is 17.9. The summed E-state index contributed by atoms with van der Waals surface area (Å²) in [7, 11) is -1.41. The molecular formula is C21H27NO3S. The van der Waals surface area contributed by atoms with Gasteiger partial charge in [0, 0.05) is 5.92 Å². The number of hydrogen-bond donors (Lipinski definition) is 1. The Labute approximate surface area is 158 Å². The van der Waals surface area contributed by atoms with E-state index in [4.69, 9.17) is 4.74 Å². The summed E-state index contributed by atoms with van der Waals surface area (Å²) in [6, 6.07) is 10.3. The molecule has 0 spiro atoms. The quantitative estimate of drug-likeness (QED) is 0.793. The molecule has 4 rings (SSSR count). The van der Waals surface area contributed by atoms with Gasteiger partial charge >= 0.3 is 6.09 Å². The van der Waals surface area contributed by atoms with Crippen LogP contribution in [0.15, 0.2) is 42.5 Å². The SMILES string of the molecule is O=C(N[S@@](=O)[C@@H]1C=C[C@H]2CCC[C@H]12)O[C@@H]1CCCC[C@H]1c1ccccc1. The molecule has 1 aromatic carbocycles. The van der Waals surface area contributed by atoms with E-state index in [0.717, 1.165) is 32.1 Å². The van der Waals surface area contributed by atoms with Crippen LogP contribution in [-0.2, 0) is 15.7 Å². The molecule has 3 aliphatic carbocycles. The Kier molecular flexibility index (Phi) is 5.44. The van der Waals surface area contributed by atoms with Crippen LogP contribution in [-0.4, -0.2) is 21.7 Å². The van der Waals surface area contributed by atoms with Crippen molar-refractivity contribution in [3.63, 3.8) is 0 Å². The van der Waals surface area contributed by atoms with Crippen LogP contribution in [0.4, 0.5) is 4.79 Å². The van der Waals surface area contributed by atoms with Crippen molar-refractivity contribution in [3.8, 4) is 0 Å². The van der Waals surface area contributed by atoms with Crippen molar-refractivity contribution in [2.45, 2.75) is 62.2 Å². The highest BCUT2D eigenvalue weighted by molar-refractivity contribution is 7.84. The third kappa shape index (κ3) is 3.73. The van der Waals surface area contributed by atoms with Gasteiger partial charge in [0.2, 0.25) is 0 Å². The number of hydrogen-bond acceptors (Lipinski definition) is 3. The number of carbonyl (C=O) groups is 1. The van der Waals surface area contributed by atoms with E-state index in [2.05, 4.69) is 22.9 Å². The van der Waals surface area contributed by atoms with Gasteiger partial charge in [-0.15, -0.1) is 0 Å². The normalized spacial score (nSPS) is 34.2. The summed E-state index contributed by atoms with van der Waals surface area (Å²) in [5, 5.41) is -0.0636. The van der Waals surface area contributed by atoms with Crippen molar-refractivity contribution in [2.24, 2.45) is 11.8 Å². The van der Waals surface area contributed by atoms with Crippen LogP contribution < -0.4 is 4.72 Å². The fraction of sp³-hybridized carbons (Fsp3) is 0.571. The van der Waals surface area contributed by atoms with Gasteiger partial charge < -0.3 is 4.74 Å². The number of benzene rings is 1. The summed E-state index contributed by atoms with van der Waals surface area (Å²) in [5.41, 5.74) is 1.22. The summed E-state index contributed by atoms with van der Waals surface area (Å²) >= 11 is 0. The van der Waals surface area contributed by atoms with Crippen molar-refractivity contribution >= 4 is 17.1 Å². The van der Waals surface area contributed by atoms with Gasteiger partial charge in [-0.05, 0) is 49.5 Å². The first-order valence-corrected chi connectivity index (χ1v) is 11.0. The minimum atomic E-state index is -1.41. The Morgan fingerprint density at radius 3 is 2.65 bits per heavy atom. The number of amides is 1. The second-order valence-corrected chi connectivity index (χ2v) is 9.10. The molecule has 0 unspecified atom stereocenters. The smallest absolute Gasteiger partial charge is 0.419 e. The minimum Gasteiger partial charge on any atom is -0.445 e. The Bertz CT molecular complexity index is 690. The van der Waals surface area contributed by atoms with E-state index < -0.39 is 17.1 Å². The summed E-state index contributed by atoms with van der Waals surface area (Å²) in [4.78, 5) is 12.4. The molecule has 0 radical (unpaired) electrons. The molecule has 0 aliphatic heterocycles. The fourth-order valence-corrected chi connectivity index (χ4v) is 6.16. The highest BCUT2D eigenvalue weighted by Crippen LogP contribution is 2.41. The zero-order valence-electron chi connectivity index (χ0n) is 15.0. The maximum absolute atomic E-state index is 12.6. The van der Waals surface area contributed by atoms with Gasteiger partial charge in [0.05, 0.1) is 5.25 Å². The van der Waals surface area contributed by atoms with Crippen molar-refractivity contribution in [1.29, 1.82) is 0 Å². The van der Waals surface area contributed by atoms with Crippen molar-refractivity contribution in [1.82, 2.24) is 4.72 Å². The number of carbonyl (C=O) groups excluding carboxylic acids is 1. The Hall–Kier alpha value is -1.62. The van der Waals surface area contributed by atoms with E-state index in [9.17, 15) is 9.00 Å². The standard InChI is InChI=1S/C21H27NO3S/c23-21(22-26(24)20-14-13-16-9-6-11-18(16)20)25-19-12-5-4-10-17(19)15-7-2-1-3-8-15/h1-3,7-8,13-14,16-20H,4-6,9-12H2,(H,22,23)/t16-,17+,18+,19-,20-,26+/m1/s1. The molecule has 26 heavy (non-hydrogen) atoms. The molecule has 1 amide bonds. The molecule has 0 heterocycles. The van der Waals surface area contributed by atoms with Crippen LogP contribution in [0.1, 0.15) is 56.4 Å². The van der Waals surface area contributed by atoms with Gasteiger partial charge in [0.1, 0.15) is 17.1 Å². The first-order chi connectivity index (χ1) is 12.7. The maximum Gasteiger partial charge on any atom is 0.419 e. The predicted octanol–water partition coefficient (Wildman–Crippen LogP) is 4.46. The van der Waals surface area contributed by atoms with Gasteiger partial charge in [-0.1, -0.05) is 55.3 Å². The molecule has 140 valence electrons. The van der Waals surface area contributed by atoms with Crippen molar-refractivity contribution in [2.75, 3.05) is 0 Å². The molecule has 2 fully saturated rings. The van der Waals surface area contributed by atoms with Crippen LogP contribution in [0.3, 0.4) is 0 Å². The number of ether oxygens (including phenoxy) is 1. The van der Waals surface area contributed by atoms with E-state index in [1.54, 1.807) is 0 Å². The van der Waals surface area contributed by atoms with Gasteiger partial charge in [-0.2, -0.15) is 0 Å². The molecule has 5 heteroatoms. The number of fused-ring (bicyclic) bond motifs is 1. The average Bonchev–Trinajstić information content (AvgIpc) is 3.26. The lowest BCUT2D eigenvalue weighted by molar-refractivity contribution is 0.0652. The topological polar surface area (TPSA) is 55.4 Å². The molecule has 1 aromatic rings. The molecule has 0 saturated heterocycles. The Balaban J connectivity index is 1.36. The van der Waals surface area contributed by atoms with Crippen LogP contribution in [0, 0.1) is 11.8 Å². The predicted molar refractivity (Wildman–Crippen MR) is 103 cm³/mol. The second-order valence-electron chi connectivity index (χ2n) is 7.75. The molecule has 1 N–H and O–H groups in total. The van der Waals surface area contributed by atoms with Gasteiger partial charge in [0.15, 0.2) is 0 Å². The Morgan fingerprint density at radius 2 is 1.81 bits per heavy atom. The maximum atomic E-state index is 12.6. The molecule has 3 aliphatic rings. The number of rotatable bonds is 4. The molecular weight excluding hydrogens is 346 g/mol. The third-order valence-corrected chi connectivity index (χ3v) is 7.58. The number of allylic oxidation sites excluding steroid dienone is 1. The molecule has 4 nitrogen and oxygen atoms in total. The van der Waals surface area contributed by atoms with Gasteiger partial charge in [-0.3, -0.25) is 0 Å². The summed E-state index contributed by atoms with van der Waals surface area (Å²) in [6.45, 7) is 0. The third-order valence-electron chi connectivity index (χ3n) is 6.21. The lowest BCUT2D eigenvalue weighted by Gasteiger charge is -2.31. The van der Waals surface area contributed by atoms with E-state index in [1.807, 2.05) is 24.3 Å². The molecule has 6 atom stereocenters. The first-order valence-electron chi connectivity index (χ1n) is 9.83. The summed E-state index contributed by atoms with van der Waals surface area (Å²) in [6.07, 6.45) is 11.1. The first kappa shape index (κ1) is 17.8. The van der Waals surface area contributed by atoms with E-state index in [0.29, 0.717) is 11.8 Å². The van der Waals surface area contributed by atoms with Crippen LogP contribution in [0.2, 0.25) is 0 Å². The largest absolute Gasteiger partial charge is 0.445 e. The second kappa shape index (κ2) is 7.95. The van der Waals surface area contributed by atoms with Gasteiger partial charge in [-0.25, -0.2) is 13.7 Å². The minimum absolute atomic E-state index is 0.0636. The highest BCUT2D eigenvalue weighted by Gasteiger charge is 2.39. The summed E-state index contributed by atoms with van der Waals surface area (Å²) < 4.78 is 21.0.